The average molecular weight is 492 g/mol. The Hall–Kier alpha value is -3.90. The average Bonchev–Trinajstić information content (AvgIpc) is 3.32. The van der Waals surface area contributed by atoms with Crippen molar-refractivity contribution in [3.05, 3.63) is 96.1 Å². The van der Waals surface area contributed by atoms with E-state index in [0.717, 1.165) is 60.9 Å². The van der Waals surface area contributed by atoms with Crippen molar-refractivity contribution >= 4 is 33.7 Å². The molecular weight excluding hydrogens is 458 g/mol. The van der Waals surface area contributed by atoms with E-state index in [2.05, 4.69) is 106 Å². The van der Waals surface area contributed by atoms with Crippen LogP contribution in [0.2, 0.25) is 0 Å². The lowest BCUT2D eigenvalue weighted by Gasteiger charge is -2.33. The summed E-state index contributed by atoms with van der Waals surface area (Å²) >= 11 is 0. The van der Waals surface area contributed by atoms with Gasteiger partial charge in [-0.3, -0.25) is 0 Å². The van der Waals surface area contributed by atoms with Gasteiger partial charge in [0.25, 0.3) is 0 Å². The fourth-order valence-corrected chi connectivity index (χ4v) is 5.48. The summed E-state index contributed by atoms with van der Waals surface area (Å²) < 4.78 is 7.85. The Morgan fingerprint density at radius 1 is 0.838 bits per heavy atom. The second-order valence-corrected chi connectivity index (χ2v) is 10.0. The van der Waals surface area contributed by atoms with E-state index in [0.29, 0.717) is 12.5 Å². The summed E-state index contributed by atoms with van der Waals surface area (Å²) in [6, 6.07) is 29.7. The highest BCUT2D eigenvalue weighted by atomic mass is 16.5. The lowest BCUT2D eigenvalue weighted by molar-refractivity contribution is 0.202. The molecule has 0 spiro atoms. The number of rotatable bonds is 8. The number of pyridine rings is 1. The number of para-hydroxylation sites is 1. The number of aromatic nitrogens is 3. The molecule has 0 radical (unpaired) electrons. The van der Waals surface area contributed by atoms with Crippen molar-refractivity contribution in [2.24, 2.45) is 5.92 Å². The molecule has 0 N–H and O–H groups in total. The summed E-state index contributed by atoms with van der Waals surface area (Å²) in [6.07, 6.45) is 0. The van der Waals surface area contributed by atoms with Crippen molar-refractivity contribution in [3.8, 4) is 0 Å². The third kappa shape index (κ3) is 4.65. The number of hydrogen-bond acceptors (Lipinski definition) is 5. The summed E-state index contributed by atoms with van der Waals surface area (Å²) in [5.41, 5.74) is 5.65. The number of ether oxygens (including phenoxy) is 1. The minimum Gasteiger partial charge on any atom is -0.383 e. The van der Waals surface area contributed by atoms with E-state index in [9.17, 15) is 0 Å². The Labute approximate surface area is 218 Å². The lowest BCUT2D eigenvalue weighted by atomic mass is 10.1. The van der Waals surface area contributed by atoms with Crippen LogP contribution in [0.4, 0.5) is 11.8 Å². The van der Waals surface area contributed by atoms with Crippen molar-refractivity contribution in [2.45, 2.75) is 26.6 Å². The van der Waals surface area contributed by atoms with Gasteiger partial charge in [-0.15, -0.1) is 0 Å². The Morgan fingerprint density at radius 2 is 1.49 bits per heavy atom. The van der Waals surface area contributed by atoms with Crippen LogP contribution in [0.15, 0.2) is 84.9 Å². The topological polar surface area (TPSA) is 46.4 Å². The lowest BCUT2D eigenvalue weighted by Crippen LogP contribution is -2.39. The predicted molar refractivity (Wildman–Crippen MR) is 151 cm³/mol. The molecule has 0 bridgehead atoms. The van der Waals surface area contributed by atoms with E-state index in [-0.39, 0.29) is 0 Å². The van der Waals surface area contributed by atoms with E-state index in [4.69, 9.17) is 14.7 Å². The van der Waals surface area contributed by atoms with Gasteiger partial charge in [0.2, 0.25) is 5.95 Å². The molecule has 6 rings (SSSR count). The number of nitrogens with zero attached hydrogens (tertiary/aromatic N) is 5. The van der Waals surface area contributed by atoms with Crippen LogP contribution in [-0.2, 0) is 24.4 Å². The molecule has 0 amide bonds. The number of fused-ring (bicyclic) bond motifs is 5. The van der Waals surface area contributed by atoms with Gasteiger partial charge in [0.15, 0.2) is 5.82 Å². The van der Waals surface area contributed by atoms with Crippen molar-refractivity contribution in [1.29, 1.82) is 0 Å². The molecule has 6 nitrogen and oxygen atoms in total. The highest BCUT2D eigenvalue weighted by Gasteiger charge is 2.29. The first-order valence-corrected chi connectivity index (χ1v) is 13.1. The van der Waals surface area contributed by atoms with Gasteiger partial charge in [0.05, 0.1) is 17.6 Å². The van der Waals surface area contributed by atoms with Gasteiger partial charge in [-0.25, -0.2) is 9.97 Å². The molecule has 0 saturated carbocycles. The first kappa shape index (κ1) is 23.5. The van der Waals surface area contributed by atoms with Crippen molar-refractivity contribution in [3.63, 3.8) is 0 Å². The SMILES string of the molecule is COCCN1CC(C)Cn2c1nc1c(N(Cc3ccccc3)Cc3ccccc3)nc3ccccc3c12. The minimum absolute atomic E-state index is 0.516. The van der Waals surface area contributed by atoms with Gasteiger partial charge in [-0.05, 0) is 23.1 Å². The zero-order valence-corrected chi connectivity index (χ0v) is 21.5. The number of imidazole rings is 1. The van der Waals surface area contributed by atoms with Gasteiger partial charge in [0, 0.05) is 45.2 Å². The van der Waals surface area contributed by atoms with E-state index >= 15 is 0 Å². The molecule has 3 heterocycles. The maximum atomic E-state index is 5.43. The molecule has 1 aliphatic rings. The smallest absolute Gasteiger partial charge is 0.206 e. The summed E-state index contributed by atoms with van der Waals surface area (Å²) in [6.45, 7) is 7.24. The van der Waals surface area contributed by atoms with Crippen LogP contribution in [-0.4, -0.2) is 41.3 Å². The molecule has 3 aromatic carbocycles. The summed E-state index contributed by atoms with van der Waals surface area (Å²) in [5.74, 6) is 2.47. The number of benzene rings is 3. The van der Waals surface area contributed by atoms with Gasteiger partial charge in [0.1, 0.15) is 5.52 Å². The third-order valence-electron chi connectivity index (χ3n) is 7.15. The van der Waals surface area contributed by atoms with Crippen LogP contribution in [0.25, 0.3) is 21.9 Å². The fourth-order valence-electron chi connectivity index (χ4n) is 5.48. The molecule has 1 atom stereocenters. The first-order chi connectivity index (χ1) is 18.2. The second-order valence-electron chi connectivity index (χ2n) is 10.0. The monoisotopic (exact) mass is 491 g/mol. The molecule has 0 aliphatic carbocycles. The largest absolute Gasteiger partial charge is 0.383 e. The van der Waals surface area contributed by atoms with E-state index < -0.39 is 0 Å². The quantitative estimate of drug-likeness (QED) is 0.271. The summed E-state index contributed by atoms with van der Waals surface area (Å²) in [5, 5.41) is 1.15. The normalized spacial score (nSPS) is 15.3. The Morgan fingerprint density at radius 3 is 2.16 bits per heavy atom. The molecule has 188 valence electrons. The maximum Gasteiger partial charge on any atom is 0.206 e. The van der Waals surface area contributed by atoms with Gasteiger partial charge in [-0.1, -0.05) is 85.8 Å². The van der Waals surface area contributed by atoms with Gasteiger partial charge < -0.3 is 19.1 Å². The Bertz CT molecular complexity index is 1460. The maximum absolute atomic E-state index is 5.43. The van der Waals surface area contributed by atoms with Gasteiger partial charge >= 0.3 is 0 Å². The highest BCUT2D eigenvalue weighted by molar-refractivity contribution is 6.08. The second kappa shape index (κ2) is 10.2. The Kier molecular flexibility index (Phi) is 6.49. The van der Waals surface area contributed by atoms with E-state index in [1.807, 2.05) is 0 Å². The Balaban J connectivity index is 1.56. The molecule has 0 fully saturated rings. The van der Waals surface area contributed by atoms with Crippen LogP contribution < -0.4 is 9.80 Å². The van der Waals surface area contributed by atoms with Crippen LogP contribution in [0.1, 0.15) is 18.1 Å². The van der Waals surface area contributed by atoms with Crippen molar-refractivity contribution in [2.75, 3.05) is 36.6 Å². The highest BCUT2D eigenvalue weighted by Crippen LogP contribution is 2.37. The molecule has 1 unspecified atom stereocenters. The van der Waals surface area contributed by atoms with E-state index in [1.165, 1.54) is 16.6 Å². The molecular formula is C31H33N5O. The molecule has 5 aromatic rings. The molecule has 37 heavy (non-hydrogen) atoms. The number of hydrogen-bond donors (Lipinski definition) is 0. The third-order valence-corrected chi connectivity index (χ3v) is 7.15. The van der Waals surface area contributed by atoms with E-state index in [1.54, 1.807) is 7.11 Å². The van der Waals surface area contributed by atoms with Crippen LogP contribution in [0, 0.1) is 5.92 Å². The summed E-state index contributed by atoms with van der Waals surface area (Å²) in [7, 11) is 1.76. The zero-order chi connectivity index (χ0) is 25.2. The molecule has 1 aliphatic heterocycles. The number of anilines is 2. The first-order valence-electron chi connectivity index (χ1n) is 13.1. The standard InChI is InChI=1S/C31H33N5O/c1-23-19-34(17-18-37-2)31-33-28-29(36(31)20-23)26-15-9-10-16-27(26)32-30(28)35(21-24-11-5-3-6-12-24)22-25-13-7-4-8-14-25/h3-16,23H,17-22H2,1-2H3. The van der Waals surface area contributed by atoms with Crippen LogP contribution in [0.5, 0.6) is 0 Å². The minimum atomic E-state index is 0.516. The molecule has 6 heteroatoms. The van der Waals surface area contributed by atoms with Crippen LogP contribution in [0.3, 0.4) is 0 Å². The number of methoxy groups -OCH3 is 1. The summed E-state index contributed by atoms with van der Waals surface area (Å²) in [4.78, 5) is 15.3. The molecule has 0 saturated heterocycles. The predicted octanol–water partition coefficient (Wildman–Crippen LogP) is 5.89. The van der Waals surface area contributed by atoms with Crippen LogP contribution >= 0.6 is 0 Å². The van der Waals surface area contributed by atoms with Gasteiger partial charge in [-0.2, -0.15) is 0 Å². The molecule has 2 aromatic heterocycles. The van der Waals surface area contributed by atoms with Crippen molar-refractivity contribution < 1.29 is 4.74 Å². The zero-order valence-electron chi connectivity index (χ0n) is 21.5. The fraction of sp³-hybridized carbons (Fsp3) is 0.290. The van der Waals surface area contributed by atoms with Crippen molar-refractivity contribution in [1.82, 2.24) is 14.5 Å².